The average Bonchev–Trinajstić information content (AvgIpc) is 2.46. The molecule has 1 atom stereocenters. The minimum Gasteiger partial charge on any atom is -0.399 e. The van der Waals surface area contributed by atoms with Crippen LogP contribution in [0.2, 0.25) is 0 Å². The van der Waals surface area contributed by atoms with Gasteiger partial charge in [0, 0.05) is 25.2 Å². The molecule has 1 aromatic carbocycles. The number of anilines is 1. The molecule has 1 unspecified atom stereocenters. The Balaban J connectivity index is 1.97. The van der Waals surface area contributed by atoms with Crippen LogP contribution in [0.4, 0.5) is 5.69 Å². The standard InChI is InChI=1S/C15H21N3O2/c1-2-13-15(20)17-9-10-18(13)14(19)8-7-11-5-3-4-6-12(11)16/h3-6,13H,2,7-10,16H2,1H3,(H,17,20). The highest BCUT2D eigenvalue weighted by molar-refractivity contribution is 5.88. The van der Waals surface area contributed by atoms with Gasteiger partial charge in [-0.15, -0.1) is 0 Å². The number of hydrogen-bond acceptors (Lipinski definition) is 3. The van der Waals surface area contributed by atoms with Crippen LogP contribution in [0.3, 0.4) is 0 Å². The Labute approximate surface area is 119 Å². The summed E-state index contributed by atoms with van der Waals surface area (Å²) in [4.78, 5) is 25.7. The number of nitrogens with one attached hydrogen (secondary N) is 1. The summed E-state index contributed by atoms with van der Waals surface area (Å²) in [5, 5.41) is 2.80. The van der Waals surface area contributed by atoms with Crippen LogP contribution in [-0.2, 0) is 16.0 Å². The fraction of sp³-hybridized carbons (Fsp3) is 0.467. The topological polar surface area (TPSA) is 75.4 Å². The smallest absolute Gasteiger partial charge is 0.242 e. The molecule has 1 aliphatic rings. The highest BCUT2D eigenvalue weighted by atomic mass is 16.2. The molecule has 0 aliphatic carbocycles. The van der Waals surface area contributed by atoms with Crippen molar-refractivity contribution in [3.8, 4) is 0 Å². The third-order valence-electron chi connectivity index (χ3n) is 3.70. The number of nitrogen functional groups attached to an aromatic ring is 1. The third kappa shape index (κ3) is 3.10. The number of benzene rings is 1. The number of hydrogen-bond donors (Lipinski definition) is 2. The van der Waals surface area contributed by atoms with Crippen LogP contribution in [0.15, 0.2) is 24.3 Å². The lowest BCUT2D eigenvalue weighted by molar-refractivity contribution is -0.143. The molecule has 0 radical (unpaired) electrons. The van der Waals surface area contributed by atoms with E-state index in [1.165, 1.54) is 0 Å². The average molecular weight is 275 g/mol. The molecule has 1 aliphatic heterocycles. The molecule has 108 valence electrons. The first kappa shape index (κ1) is 14.4. The van der Waals surface area contributed by atoms with Crippen molar-refractivity contribution in [2.24, 2.45) is 0 Å². The van der Waals surface area contributed by atoms with E-state index in [4.69, 9.17) is 5.73 Å². The Kier molecular flexibility index (Phi) is 4.61. The van der Waals surface area contributed by atoms with Gasteiger partial charge in [0.05, 0.1) is 0 Å². The van der Waals surface area contributed by atoms with Crippen LogP contribution in [0.1, 0.15) is 25.3 Å². The molecule has 1 heterocycles. The van der Waals surface area contributed by atoms with Crippen molar-refractivity contribution in [1.82, 2.24) is 10.2 Å². The lowest BCUT2D eigenvalue weighted by atomic mass is 10.1. The molecule has 2 rings (SSSR count). The van der Waals surface area contributed by atoms with E-state index in [0.717, 1.165) is 5.56 Å². The van der Waals surface area contributed by atoms with Crippen molar-refractivity contribution in [1.29, 1.82) is 0 Å². The zero-order valence-electron chi connectivity index (χ0n) is 11.8. The molecule has 0 bridgehead atoms. The number of carbonyl (C=O) groups is 2. The first-order valence-electron chi connectivity index (χ1n) is 7.04. The molecular weight excluding hydrogens is 254 g/mol. The minimum atomic E-state index is -0.329. The maximum atomic E-state index is 12.3. The second-order valence-corrected chi connectivity index (χ2v) is 5.00. The van der Waals surface area contributed by atoms with Gasteiger partial charge >= 0.3 is 0 Å². The predicted molar refractivity (Wildman–Crippen MR) is 78.0 cm³/mol. The zero-order chi connectivity index (χ0) is 14.5. The SMILES string of the molecule is CCC1C(=O)NCCN1C(=O)CCc1ccccc1N. The number of nitrogens with zero attached hydrogens (tertiary/aromatic N) is 1. The fourth-order valence-electron chi connectivity index (χ4n) is 2.57. The number of piperazine rings is 1. The van der Waals surface area contributed by atoms with Gasteiger partial charge in [-0.25, -0.2) is 0 Å². The fourth-order valence-corrected chi connectivity index (χ4v) is 2.57. The molecule has 5 heteroatoms. The molecule has 2 amide bonds. The lowest BCUT2D eigenvalue weighted by Gasteiger charge is -2.34. The van der Waals surface area contributed by atoms with Crippen molar-refractivity contribution in [2.75, 3.05) is 18.8 Å². The number of carbonyl (C=O) groups excluding carboxylic acids is 2. The Morgan fingerprint density at radius 2 is 2.20 bits per heavy atom. The van der Waals surface area contributed by atoms with Gasteiger partial charge in [-0.1, -0.05) is 25.1 Å². The van der Waals surface area contributed by atoms with E-state index in [-0.39, 0.29) is 17.9 Å². The molecule has 1 fully saturated rings. The van der Waals surface area contributed by atoms with Crippen LogP contribution < -0.4 is 11.1 Å². The quantitative estimate of drug-likeness (QED) is 0.803. The predicted octanol–water partition coefficient (Wildman–Crippen LogP) is 0.938. The number of amides is 2. The monoisotopic (exact) mass is 275 g/mol. The largest absolute Gasteiger partial charge is 0.399 e. The van der Waals surface area contributed by atoms with Crippen LogP contribution in [-0.4, -0.2) is 35.8 Å². The normalized spacial score (nSPS) is 18.8. The van der Waals surface area contributed by atoms with Crippen molar-refractivity contribution < 1.29 is 9.59 Å². The second kappa shape index (κ2) is 6.41. The Bertz CT molecular complexity index is 502. The van der Waals surface area contributed by atoms with E-state index in [1.807, 2.05) is 31.2 Å². The Morgan fingerprint density at radius 1 is 1.45 bits per heavy atom. The van der Waals surface area contributed by atoms with E-state index in [9.17, 15) is 9.59 Å². The van der Waals surface area contributed by atoms with E-state index >= 15 is 0 Å². The number of aryl methyl sites for hydroxylation is 1. The van der Waals surface area contributed by atoms with Gasteiger partial charge in [-0.05, 0) is 24.5 Å². The van der Waals surface area contributed by atoms with Crippen molar-refractivity contribution >= 4 is 17.5 Å². The molecule has 20 heavy (non-hydrogen) atoms. The summed E-state index contributed by atoms with van der Waals surface area (Å²) in [7, 11) is 0. The lowest BCUT2D eigenvalue weighted by Crippen LogP contribution is -2.56. The second-order valence-electron chi connectivity index (χ2n) is 5.00. The maximum Gasteiger partial charge on any atom is 0.242 e. The molecular formula is C15H21N3O2. The van der Waals surface area contributed by atoms with Crippen LogP contribution in [0.5, 0.6) is 0 Å². The zero-order valence-corrected chi connectivity index (χ0v) is 11.8. The first-order chi connectivity index (χ1) is 9.63. The summed E-state index contributed by atoms with van der Waals surface area (Å²) in [6, 6.07) is 7.23. The van der Waals surface area contributed by atoms with Crippen LogP contribution >= 0.6 is 0 Å². The van der Waals surface area contributed by atoms with Crippen LogP contribution in [0.25, 0.3) is 0 Å². The summed E-state index contributed by atoms with van der Waals surface area (Å²) >= 11 is 0. The molecule has 5 nitrogen and oxygen atoms in total. The molecule has 0 spiro atoms. The van der Waals surface area contributed by atoms with Crippen LogP contribution in [0, 0.1) is 0 Å². The van der Waals surface area contributed by atoms with Gasteiger partial charge in [0.15, 0.2) is 0 Å². The first-order valence-corrected chi connectivity index (χ1v) is 7.04. The number of nitrogens with two attached hydrogens (primary N) is 1. The molecule has 0 saturated carbocycles. The van der Waals surface area contributed by atoms with Gasteiger partial charge in [0.25, 0.3) is 0 Å². The highest BCUT2D eigenvalue weighted by Gasteiger charge is 2.31. The maximum absolute atomic E-state index is 12.3. The third-order valence-corrected chi connectivity index (χ3v) is 3.70. The number of rotatable bonds is 4. The van der Waals surface area contributed by atoms with Gasteiger partial charge in [-0.2, -0.15) is 0 Å². The van der Waals surface area contributed by atoms with E-state index in [0.29, 0.717) is 38.0 Å². The Hall–Kier alpha value is -2.04. The van der Waals surface area contributed by atoms with E-state index in [2.05, 4.69) is 5.32 Å². The highest BCUT2D eigenvalue weighted by Crippen LogP contribution is 2.15. The summed E-state index contributed by atoms with van der Waals surface area (Å²) in [6.45, 7) is 3.05. The molecule has 0 aromatic heterocycles. The van der Waals surface area contributed by atoms with E-state index < -0.39 is 0 Å². The van der Waals surface area contributed by atoms with Gasteiger partial charge < -0.3 is 16.0 Å². The Morgan fingerprint density at radius 3 is 2.90 bits per heavy atom. The van der Waals surface area contributed by atoms with E-state index in [1.54, 1.807) is 4.90 Å². The molecule has 1 aromatic rings. The van der Waals surface area contributed by atoms with Gasteiger partial charge in [-0.3, -0.25) is 9.59 Å². The number of para-hydroxylation sites is 1. The summed E-state index contributed by atoms with van der Waals surface area (Å²) < 4.78 is 0. The van der Waals surface area contributed by atoms with Crippen molar-refractivity contribution in [3.63, 3.8) is 0 Å². The van der Waals surface area contributed by atoms with Gasteiger partial charge in [0.2, 0.25) is 11.8 Å². The van der Waals surface area contributed by atoms with Gasteiger partial charge in [0.1, 0.15) is 6.04 Å². The minimum absolute atomic E-state index is 0.0231. The summed E-state index contributed by atoms with van der Waals surface area (Å²) in [6.07, 6.45) is 1.64. The van der Waals surface area contributed by atoms with Crippen molar-refractivity contribution in [3.05, 3.63) is 29.8 Å². The molecule has 3 N–H and O–H groups in total. The summed E-state index contributed by atoms with van der Waals surface area (Å²) in [5.74, 6) is -0.0266. The summed E-state index contributed by atoms with van der Waals surface area (Å²) in [5.41, 5.74) is 7.57. The molecule has 1 saturated heterocycles. The van der Waals surface area contributed by atoms with Crippen molar-refractivity contribution in [2.45, 2.75) is 32.2 Å².